The van der Waals surface area contributed by atoms with Crippen molar-refractivity contribution >= 4 is 5.69 Å². The second-order valence-corrected chi connectivity index (χ2v) is 8.69. The van der Waals surface area contributed by atoms with E-state index in [1.807, 2.05) is 0 Å². The number of hydrogen-bond donors (Lipinski definition) is 1. The summed E-state index contributed by atoms with van der Waals surface area (Å²) in [6, 6.07) is 4.47. The van der Waals surface area contributed by atoms with Gasteiger partial charge in [0.15, 0.2) is 0 Å². The van der Waals surface area contributed by atoms with E-state index < -0.39 is 0 Å². The van der Waals surface area contributed by atoms with Crippen molar-refractivity contribution in [1.82, 2.24) is 0 Å². The first-order valence-electron chi connectivity index (χ1n) is 12.1. The van der Waals surface area contributed by atoms with Gasteiger partial charge in [-0.1, -0.05) is 109 Å². The van der Waals surface area contributed by atoms with Crippen LogP contribution in [0.5, 0.6) is 0 Å². The number of rotatable bonds is 17. The molecule has 0 spiro atoms. The zero-order valence-corrected chi connectivity index (χ0v) is 20.0. The van der Waals surface area contributed by atoms with Gasteiger partial charge in [0, 0.05) is 5.56 Å². The second-order valence-electron chi connectivity index (χ2n) is 8.69. The molecule has 0 amide bonds. The van der Waals surface area contributed by atoms with Crippen LogP contribution in [-0.4, -0.2) is 0 Å². The van der Waals surface area contributed by atoms with E-state index >= 15 is 0 Å². The van der Waals surface area contributed by atoms with Crippen molar-refractivity contribution in [2.24, 2.45) is 0 Å². The molecule has 0 bridgehead atoms. The minimum atomic E-state index is 0. The molecule has 0 saturated carbocycles. The van der Waals surface area contributed by atoms with Crippen LogP contribution in [0.1, 0.15) is 126 Å². The maximum atomic E-state index is 4.10. The number of unbranched alkanes of at least 4 members (excludes halogenated alkanes) is 15. The molecule has 28 heavy (non-hydrogen) atoms. The largest absolute Gasteiger partial charge is 1.00 e. The van der Waals surface area contributed by atoms with E-state index in [-0.39, 0.29) is 12.4 Å². The van der Waals surface area contributed by atoms with Crippen molar-refractivity contribution in [1.29, 1.82) is 0 Å². The van der Waals surface area contributed by atoms with Gasteiger partial charge in [0.2, 0.25) is 0 Å². The third kappa shape index (κ3) is 12.8. The SMILES string of the molecule is CCCCCCCCCCCCCCCCCCc1ccc([NH3+])c(C)c1C.[Cl-]. The van der Waals surface area contributed by atoms with Crippen LogP contribution in [0.15, 0.2) is 12.1 Å². The number of halogens is 1. The molecular formula is C26H48ClN. The van der Waals surface area contributed by atoms with Gasteiger partial charge >= 0.3 is 0 Å². The highest BCUT2D eigenvalue weighted by molar-refractivity contribution is 5.46. The molecule has 3 N–H and O–H groups in total. The van der Waals surface area contributed by atoms with Gasteiger partial charge in [-0.3, -0.25) is 0 Å². The molecule has 2 heteroatoms. The number of quaternary nitrogens is 1. The summed E-state index contributed by atoms with van der Waals surface area (Å²) in [6.45, 7) is 6.76. The van der Waals surface area contributed by atoms with Crippen LogP contribution in [0.3, 0.4) is 0 Å². The van der Waals surface area contributed by atoms with Crippen LogP contribution in [-0.2, 0) is 6.42 Å². The Balaban J connectivity index is 0.00000729. The molecule has 1 nitrogen and oxygen atoms in total. The van der Waals surface area contributed by atoms with Crippen molar-refractivity contribution in [3.05, 3.63) is 28.8 Å². The van der Waals surface area contributed by atoms with Gasteiger partial charge in [-0.05, 0) is 43.9 Å². The number of benzene rings is 1. The van der Waals surface area contributed by atoms with E-state index in [2.05, 4.69) is 38.6 Å². The topological polar surface area (TPSA) is 27.6 Å². The molecule has 0 radical (unpaired) electrons. The predicted octanol–water partition coefficient (Wildman–Crippen LogP) is 4.98. The normalized spacial score (nSPS) is 10.9. The monoisotopic (exact) mass is 409 g/mol. The number of hydrogen-bond acceptors (Lipinski definition) is 0. The lowest BCUT2D eigenvalue weighted by atomic mass is 9.97. The first-order chi connectivity index (χ1) is 13.2. The molecule has 1 aromatic carbocycles. The smallest absolute Gasteiger partial charge is 0.131 e. The second kappa shape index (κ2) is 18.5. The molecule has 0 aliphatic carbocycles. The van der Waals surface area contributed by atoms with Crippen LogP contribution < -0.4 is 18.1 Å². The van der Waals surface area contributed by atoms with Crippen LogP contribution >= 0.6 is 0 Å². The Morgan fingerprint density at radius 2 is 0.964 bits per heavy atom. The van der Waals surface area contributed by atoms with Gasteiger partial charge in [-0.25, -0.2) is 0 Å². The molecule has 0 aliphatic heterocycles. The van der Waals surface area contributed by atoms with E-state index in [0.29, 0.717) is 0 Å². The Morgan fingerprint density at radius 3 is 1.39 bits per heavy atom. The van der Waals surface area contributed by atoms with Crippen LogP contribution in [0.25, 0.3) is 0 Å². The minimum absolute atomic E-state index is 0. The highest BCUT2D eigenvalue weighted by atomic mass is 35.5. The van der Waals surface area contributed by atoms with E-state index in [4.69, 9.17) is 0 Å². The van der Waals surface area contributed by atoms with Gasteiger partial charge < -0.3 is 18.1 Å². The van der Waals surface area contributed by atoms with E-state index in [1.54, 1.807) is 0 Å². The standard InChI is InChI=1S/C26H47N.ClH/c1-4-5-6-7-8-9-10-11-12-13-14-15-16-17-18-19-20-25-21-22-26(27)24(3)23(25)2;/h21-22H,4-20,27H2,1-3H3;1H. The summed E-state index contributed by atoms with van der Waals surface area (Å²) >= 11 is 0. The lowest BCUT2D eigenvalue weighted by molar-refractivity contribution is -0.255. The zero-order chi connectivity index (χ0) is 19.7. The summed E-state index contributed by atoms with van der Waals surface area (Å²) in [6.07, 6.45) is 24.3. The van der Waals surface area contributed by atoms with E-state index in [1.165, 1.54) is 132 Å². The molecule has 1 aromatic rings. The van der Waals surface area contributed by atoms with Crippen LogP contribution in [0.4, 0.5) is 5.69 Å². The van der Waals surface area contributed by atoms with Gasteiger partial charge in [-0.2, -0.15) is 0 Å². The highest BCUT2D eigenvalue weighted by Gasteiger charge is 2.05. The molecule has 0 unspecified atom stereocenters. The molecule has 0 heterocycles. The summed E-state index contributed by atoms with van der Waals surface area (Å²) in [5.41, 5.74) is 9.66. The maximum absolute atomic E-state index is 4.10. The minimum Gasteiger partial charge on any atom is -1.00 e. The fourth-order valence-corrected chi connectivity index (χ4v) is 4.07. The first kappa shape index (κ1) is 27.5. The van der Waals surface area contributed by atoms with Crippen LogP contribution in [0.2, 0.25) is 0 Å². The van der Waals surface area contributed by atoms with Gasteiger partial charge in [0.05, 0.1) is 0 Å². The summed E-state index contributed by atoms with van der Waals surface area (Å²) < 4.78 is 0. The quantitative estimate of drug-likeness (QED) is 0.351. The molecule has 1 rings (SSSR count). The van der Waals surface area contributed by atoms with Crippen LogP contribution in [0, 0.1) is 13.8 Å². The fourth-order valence-electron chi connectivity index (χ4n) is 4.07. The van der Waals surface area contributed by atoms with Crippen molar-refractivity contribution in [3.63, 3.8) is 0 Å². The zero-order valence-electron chi connectivity index (χ0n) is 19.3. The molecule has 0 aliphatic rings. The van der Waals surface area contributed by atoms with Crippen molar-refractivity contribution in [2.75, 3.05) is 0 Å². The summed E-state index contributed by atoms with van der Waals surface area (Å²) in [5.74, 6) is 0. The maximum Gasteiger partial charge on any atom is 0.131 e. The third-order valence-electron chi connectivity index (χ3n) is 6.31. The van der Waals surface area contributed by atoms with Crippen molar-refractivity contribution in [2.45, 2.75) is 130 Å². The molecule has 0 atom stereocenters. The lowest BCUT2D eigenvalue weighted by Gasteiger charge is -2.09. The molecule has 0 aromatic heterocycles. The summed E-state index contributed by atoms with van der Waals surface area (Å²) in [7, 11) is 0. The lowest BCUT2D eigenvalue weighted by Crippen LogP contribution is -3.00. The Morgan fingerprint density at radius 1 is 0.571 bits per heavy atom. The average molecular weight is 410 g/mol. The van der Waals surface area contributed by atoms with Crippen molar-refractivity contribution < 1.29 is 18.1 Å². The number of aryl methyl sites for hydroxylation is 1. The summed E-state index contributed by atoms with van der Waals surface area (Å²) in [5, 5.41) is 0. The van der Waals surface area contributed by atoms with Gasteiger partial charge in [-0.15, -0.1) is 0 Å². The van der Waals surface area contributed by atoms with Gasteiger partial charge in [0.25, 0.3) is 0 Å². The third-order valence-corrected chi connectivity index (χ3v) is 6.31. The first-order valence-corrected chi connectivity index (χ1v) is 12.1. The Bertz CT molecular complexity index is 484. The Hall–Kier alpha value is -0.530. The summed E-state index contributed by atoms with van der Waals surface area (Å²) in [4.78, 5) is 0. The average Bonchev–Trinajstić information content (AvgIpc) is 2.67. The Kier molecular flexibility index (Phi) is 18.1. The van der Waals surface area contributed by atoms with E-state index in [0.717, 1.165) is 0 Å². The molecule has 164 valence electrons. The fraction of sp³-hybridized carbons (Fsp3) is 0.769. The molecule has 0 fully saturated rings. The predicted molar refractivity (Wildman–Crippen MR) is 122 cm³/mol. The van der Waals surface area contributed by atoms with Gasteiger partial charge in [0.1, 0.15) is 5.69 Å². The van der Waals surface area contributed by atoms with Crippen molar-refractivity contribution in [3.8, 4) is 0 Å². The Labute approximate surface area is 182 Å². The highest BCUT2D eigenvalue weighted by Crippen LogP contribution is 2.20. The van der Waals surface area contributed by atoms with E-state index in [9.17, 15) is 0 Å². The molecule has 0 saturated heterocycles. The molecular weight excluding hydrogens is 362 g/mol.